The van der Waals surface area contributed by atoms with E-state index >= 15 is 0 Å². The highest BCUT2D eigenvalue weighted by Crippen LogP contribution is 2.23. The number of rotatable bonds is 5. The highest BCUT2D eigenvalue weighted by atomic mass is 15.2. The van der Waals surface area contributed by atoms with E-state index in [1.807, 2.05) is 31.0 Å². The number of likely N-dealkylation sites (N-methyl/N-ethyl adjacent to an activating group) is 1. The summed E-state index contributed by atoms with van der Waals surface area (Å²) in [4.78, 5) is 2.28. The number of hydrogen-bond acceptors (Lipinski definition) is 3. The van der Waals surface area contributed by atoms with Gasteiger partial charge in [0.1, 0.15) is 0 Å². The van der Waals surface area contributed by atoms with E-state index in [9.17, 15) is 0 Å². The molecule has 0 radical (unpaired) electrons. The molecule has 2 N–H and O–H groups in total. The predicted molar refractivity (Wildman–Crippen MR) is 82.2 cm³/mol. The molecule has 4 nitrogen and oxygen atoms in total. The van der Waals surface area contributed by atoms with E-state index < -0.39 is 0 Å². The van der Waals surface area contributed by atoms with Gasteiger partial charge in [-0.3, -0.25) is 9.58 Å². The summed E-state index contributed by atoms with van der Waals surface area (Å²) in [6, 6.07) is 8.86. The lowest BCUT2D eigenvalue weighted by atomic mass is 10.0. The zero-order valence-electron chi connectivity index (χ0n) is 12.7. The SMILES string of the molecule is Cc1ccc(CN(C)C(c2cnn(C)c2)C(C)N)cc1. The molecule has 0 amide bonds. The quantitative estimate of drug-likeness (QED) is 0.908. The Labute approximate surface area is 121 Å². The molecule has 108 valence electrons. The summed E-state index contributed by atoms with van der Waals surface area (Å²) >= 11 is 0. The molecule has 1 aromatic heterocycles. The molecule has 0 bridgehead atoms. The smallest absolute Gasteiger partial charge is 0.0538 e. The molecular formula is C16H24N4. The third kappa shape index (κ3) is 3.46. The lowest BCUT2D eigenvalue weighted by molar-refractivity contribution is 0.211. The first-order valence-corrected chi connectivity index (χ1v) is 6.97. The summed E-state index contributed by atoms with van der Waals surface area (Å²) in [5, 5.41) is 4.26. The van der Waals surface area contributed by atoms with E-state index in [-0.39, 0.29) is 12.1 Å². The Hall–Kier alpha value is -1.65. The van der Waals surface area contributed by atoms with Crippen molar-refractivity contribution in [1.82, 2.24) is 14.7 Å². The minimum Gasteiger partial charge on any atom is -0.326 e. The second-order valence-electron chi connectivity index (χ2n) is 5.65. The molecule has 2 rings (SSSR count). The molecule has 0 saturated heterocycles. The molecule has 0 aliphatic heterocycles. The highest BCUT2D eigenvalue weighted by molar-refractivity contribution is 5.22. The van der Waals surface area contributed by atoms with Crippen LogP contribution in [0.1, 0.15) is 29.7 Å². The van der Waals surface area contributed by atoms with Crippen LogP contribution in [0.15, 0.2) is 36.7 Å². The molecule has 20 heavy (non-hydrogen) atoms. The first kappa shape index (κ1) is 14.8. The van der Waals surface area contributed by atoms with E-state index in [2.05, 4.69) is 48.2 Å². The van der Waals surface area contributed by atoms with Crippen LogP contribution in [-0.4, -0.2) is 27.8 Å². The maximum absolute atomic E-state index is 6.18. The van der Waals surface area contributed by atoms with Crippen molar-refractivity contribution in [1.29, 1.82) is 0 Å². The van der Waals surface area contributed by atoms with Crippen LogP contribution in [0.4, 0.5) is 0 Å². The van der Waals surface area contributed by atoms with Crippen molar-refractivity contribution in [3.8, 4) is 0 Å². The standard InChI is InChI=1S/C16H24N4/c1-12-5-7-14(8-6-12)10-19(3)16(13(2)17)15-9-18-20(4)11-15/h5-9,11,13,16H,10,17H2,1-4H3. The van der Waals surface area contributed by atoms with Crippen LogP contribution in [0.3, 0.4) is 0 Å². The Morgan fingerprint density at radius 3 is 2.45 bits per heavy atom. The highest BCUT2D eigenvalue weighted by Gasteiger charge is 2.22. The molecule has 0 saturated carbocycles. The predicted octanol–water partition coefficient (Wildman–Crippen LogP) is 2.25. The summed E-state index contributed by atoms with van der Waals surface area (Å²) < 4.78 is 1.82. The van der Waals surface area contributed by atoms with Crippen LogP contribution in [0, 0.1) is 6.92 Å². The van der Waals surface area contributed by atoms with Gasteiger partial charge >= 0.3 is 0 Å². The number of benzene rings is 1. The molecule has 0 aliphatic carbocycles. The van der Waals surface area contributed by atoms with Crippen LogP contribution in [0.2, 0.25) is 0 Å². The maximum Gasteiger partial charge on any atom is 0.0538 e. The van der Waals surface area contributed by atoms with Crippen LogP contribution in [0.25, 0.3) is 0 Å². The van der Waals surface area contributed by atoms with E-state index in [4.69, 9.17) is 5.73 Å². The second-order valence-corrected chi connectivity index (χ2v) is 5.65. The third-order valence-corrected chi connectivity index (χ3v) is 3.59. The number of aromatic nitrogens is 2. The average Bonchev–Trinajstić information content (AvgIpc) is 2.78. The van der Waals surface area contributed by atoms with Gasteiger partial charge in [0.05, 0.1) is 12.2 Å². The van der Waals surface area contributed by atoms with Gasteiger partial charge in [-0.25, -0.2) is 0 Å². The Kier molecular flexibility index (Phi) is 4.57. The molecular weight excluding hydrogens is 248 g/mol. The first-order valence-electron chi connectivity index (χ1n) is 6.97. The van der Waals surface area contributed by atoms with E-state index in [0.29, 0.717) is 0 Å². The fraction of sp³-hybridized carbons (Fsp3) is 0.438. The number of aryl methyl sites for hydroxylation is 2. The molecule has 0 spiro atoms. The fourth-order valence-corrected chi connectivity index (χ4v) is 2.63. The summed E-state index contributed by atoms with van der Waals surface area (Å²) in [6.07, 6.45) is 3.94. The molecule has 0 aliphatic rings. The summed E-state index contributed by atoms with van der Waals surface area (Å²) in [5.74, 6) is 0. The minimum absolute atomic E-state index is 0.0506. The van der Waals surface area contributed by atoms with Crippen molar-refractivity contribution >= 4 is 0 Å². The van der Waals surface area contributed by atoms with Gasteiger partial charge in [0.15, 0.2) is 0 Å². The van der Waals surface area contributed by atoms with Gasteiger partial charge < -0.3 is 5.73 Å². The van der Waals surface area contributed by atoms with Crippen molar-refractivity contribution in [2.24, 2.45) is 12.8 Å². The Balaban J connectivity index is 2.15. The average molecular weight is 272 g/mol. The zero-order chi connectivity index (χ0) is 14.7. The van der Waals surface area contributed by atoms with Crippen molar-refractivity contribution in [3.63, 3.8) is 0 Å². The summed E-state index contributed by atoms with van der Waals surface area (Å²) in [7, 11) is 4.04. The van der Waals surface area contributed by atoms with Gasteiger partial charge in [-0.05, 0) is 26.5 Å². The van der Waals surface area contributed by atoms with Gasteiger partial charge in [0, 0.05) is 31.4 Å². The van der Waals surface area contributed by atoms with Crippen LogP contribution in [-0.2, 0) is 13.6 Å². The van der Waals surface area contributed by atoms with E-state index in [1.165, 1.54) is 11.1 Å². The lowest BCUT2D eigenvalue weighted by Gasteiger charge is -2.30. The van der Waals surface area contributed by atoms with E-state index in [0.717, 1.165) is 12.1 Å². The number of hydrogen-bond donors (Lipinski definition) is 1. The van der Waals surface area contributed by atoms with Crippen molar-refractivity contribution < 1.29 is 0 Å². The van der Waals surface area contributed by atoms with Crippen LogP contribution >= 0.6 is 0 Å². The van der Waals surface area contributed by atoms with Crippen LogP contribution in [0.5, 0.6) is 0 Å². The number of nitrogens with zero attached hydrogens (tertiary/aromatic N) is 3. The third-order valence-electron chi connectivity index (χ3n) is 3.59. The minimum atomic E-state index is 0.0506. The van der Waals surface area contributed by atoms with Gasteiger partial charge in [0.25, 0.3) is 0 Å². The van der Waals surface area contributed by atoms with Crippen molar-refractivity contribution in [3.05, 3.63) is 53.3 Å². The van der Waals surface area contributed by atoms with Gasteiger partial charge in [-0.1, -0.05) is 29.8 Å². The zero-order valence-corrected chi connectivity index (χ0v) is 12.7. The fourth-order valence-electron chi connectivity index (χ4n) is 2.63. The molecule has 4 heteroatoms. The molecule has 1 aromatic carbocycles. The summed E-state index contributed by atoms with van der Waals surface area (Å²) in [5.41, 5.74) is 9.93. The molecule has 0 fully saturated rings. The van der Waals surface area contributed by atoms with Crippen molar-refractivity contribution in [2.75, 3.05) is 7.05 Å². The first-order chi connectivity index (χ1) is 9.47. The van der Waals surface area contributed by atoms with Gasteiger partial charge in [-0.15, -0.1) is 0 Å². The maximum atomic E-state index is 6.18. The second kappa shape index (κ2) is 6.20. The molecule has 2 aromatic rings. The molecule has 2 atom stereocenters. The van der Waals surface area contributed by atoms with Crippen LogP contribution < -0.4 is 5.73 Å². The van der Waals surface area contributed by atoms with E-state index in [1.54, 1.807) is 0 Å². The Morgan fingerprint density at radius 2 is 1.95 bits per heavy atom. The van der Waals surface area contributed by atoms with Gasteiger partial charge in [-0.2, -0.15) is 5.10 Å². The Morgan fingerprint density at radius 1 is 1.30 bits per heavy atom. The number of nitrogens with two attached hydrogens (primary N) is 1. The normalized spacial score (nSPS) is 14.5. The largest absolute Gasteiger partial charge is 0.326 e. The Bertz CT molecular complexity index is 542. The van der Waals surface area contributed by atoms with Crippen molar-refractivity contribution in [2.45, 2.75) is 32.5 Å². The topological polar surface area (TPSA) is 47.1 Å². The monoisotopic (exact) mass is 272 g/mol. The van der Waals surface area contributed by atoms with Gasteiger partial charge in [0.2, 0.25) is 0 Å². The molecule has 2 unspecified atom stereocenters. The summed E-state index contributed by atoms with van der Waals surface area (Å²) in [6.45, 7) is 5.03. The molecule has 1 heterocycles. The lowest BCUT2D eigenvalue weighted by Crippen LogP contribution is -2.36.